The second-order valence-electron chi connectivity index (χ2n) is 15.7. The van der Waals surface area contributed by atoms with Crippen LogP contribution in [0.5, 0.6) is 0 Å². The molecule has 3 N–H and O–H groups in total. The van der Waals surface area contributed by atoms with Gasteiger partial charge in [0.1, 0.15) is 12.2 Å². The van der Waals surface area contributed by atoms with E-state index in [-0.39, 0.29) is 13.0 Å². The first kappa shape index (κ1) is 60.9. The number of esters is 1. The molecule has 364 valence electrons. The van der Waals surface area contributed by atoms with Crippen molar-refractivity contribution in [2.45, 2.75) is 180 Å². The number of hydrogen-bond donors (Lipinski definition) is 3. The van der Waals surface area contributed by atoms with Gasteiger partial charge in [0.2, 0.25) is 0 Å². The second kappa shape index (κ2) is 49.3. The number of carbonyl (C=O) groups excluding carboxylic acids is 1. The van der Waals surface area contributed by atoms with Gasteiger partial charge in [0.25, 0.3) is 0 Å². The fourth-order valence-electron chi connectivity index (χ4n) is 5.93. The summed E-state index contributed by atoms with van der Waals surface area (Å²) >= 11 is 0. The summed E-state index contributed by atoms with van der Waals surface area (Å²) in [5, 5.41) is 18.4. The van der Waals surface area contributed by atoms with Crippen LogP contribution in [0.3, 0.4) is 0 Å². The average molecular weight is 913 g/mol. The van der Waals surface area contributed by atoms with Gasteiger partial charge >= 0.3 is 13.8 Å². The number of rotatable bonds is 45. The van der Waals surface area contributed by atoms with E-state index in [1.165, 1.54) is 25.7 Å². The van der Waals surface area contributed by atoms with Gasteiger partial charge in [0.15, 0.2) is 0 Å². The van der Waals surface area contributed by atoms with E-state index >= 15 is 0 Å². The van der Waals surface area contributed by atoms with Crippen molar-refractivity contribution in [3.63, 3.8) is 0 Å². The zero-order chi connectivity index (χ0) is 46.7. The van der Waals surface area contributed by atoms with Crippen LogP contribution in [0.15, 0.2) is 122 Å². The van der Waals surface area contributed by atoms with Crippen LogP contribution in [0.2, 0.25) is 0 Å². The Balaban J connectivity index is 4.27. The van der Waals surface area contributed by atoms with E-state index in [0.717, 1.165) is 116 Å². The quantitative estimate of drug-likeness (QED) is 0.0236. The van der Waals surface area contributed by atoms with E-state index in [2.05, 4.69) is 135 Å². The molecule has 0 bridgehead atoms. The number of aliphatic hydroxyl groups excluding tert-OH is 2. The van der Waals surface area contributed by atoms with E-state index in [0.29, 0.717) is 13.0 Å². The summed E-state index contributed by atoms with van der Waals surface area (Å²) in [6, 6.07) is 0. The van der Waals surface area contributed by atoms with E-state index in [9.17, 15) is 19.4 Å². The molecule has 0 heterocycles. The fourth-order valence-corrected chi connectivity index (χ4v) is 6.72. The summed E-state index contributed by atoms with van der Waals surface area (Å²) in [7, 11) is -4.55. The number of aliphatic hydroxyl groups is 2. The van der Waals surface area contributed by atoms with Crippen molar-refractivity contribution < 1.29 is 43.0 Å². The van der Waals surface area contributed by atoms with Crippen LogP contribution >= 0.6 is 7.82 Å². The standard InChI is InChI=1S/C54H89O9P/c1-3-5-7-9-11-13-15-17-19-21-23-24-25-26-27-29-31-33-35-37-39-41-43-45-47-60-50-53(51-62-64(58,59)61-49-52(56)48-55)63-54(57)46-44-42-40-38-36-34-32-30-28-22-20-18-16-14-12-10-8-6-4-2/h5,7,11-14,17-20,23-24,26-28,30-31,33,37,39,52-53,55-56H,3-4,6,8-10,15-16,21-22,25,29,32,34-36,38,40-51H2,1-2H3,(H,58,59)/b7-5-,13-11-,14-12-,19-17-,20-18-,24-23-,27-26-,30-28-,33-31-,39-37-. The maximum absolute atomic E-state index is 12.7. The van der Waals surface area contributed by atoms with Crippen LogP contribution in [-0.4, -0.2) is 66.3 Å². The van der Waals surface area contributed by atoms with Crippen molar-refractivity contribution in [1.82, 2.24) is 0 Å². The summed E-state index contributed by atoms with van der Waals surface area (Å²) < 4.78 is 33.4. The summed E-state index contributed by atoms with van der Waals surface area (Å²) in [6.45, 7) is 3.21. The Kier molecular flexibility index (Phi) is 46.9. The van der Waals surface area contributed by atoms with Crippen molar-refractivity contribution in [2.24, 2.45) is 0 Å². The molecule has 9 nitrogen and oxygen atoms in total. The smallest absolute Gasteiger partial charge is 0.457 e. The molecule has 0 aliphatic carbocycles. The summed E-state index contributed by atoms with van der Waals surface area (Å²) in [4.78, 5) is 22.7. The molecule has 3 atom stereocenters. The molecule has 0 fully saturated rings. The zero-order valence-corrected chi connectivity index (χ0v) is 40.8. The molecule has 3 unspecified atom stereocenters. The van der Waals surface area contributed by atoms with Gasteiger partial charge in [-0.25, -0.2) is 4.57 Å². The molecule has 0 aromatic carbocycles. The molecule has 0 rings (SSSR count). The van der Waals surface area contributed by atoms with Crippen molar-refractivity contribution in [3.05, 3.63) is 122 Å². The Morgan fingerprint density at radius 3 is 1.34 bits per heavy atom. The molecule has 10 heteroatoms. The van der Waals surface area contributed by atoms with E-state index in [1.807, 2.05) is 0 Å². The van der Waals surface area contributed by atoms with E-state index in [1.54, 1.807) is 0 Å². The maximum Gasteiger partial charge on any atom is 0.472 e. The number of ether oxygens (including phenoxy) is 2. The Bertz CT molecular complexity index is 1400. The molecule has 0 aliphatic rings. The Morgan fingerprint density at radius 2 is 0.891 bits per heavy atom. The Hall–Kier alpha value is -3.14. The first-order valence-corrected chi connectivity index (χ1v) is 26.0. The molecule has 0 amide bonds. The van der Waals surface area contributed by atoms with Crippen molar-refractivity contribution in [1.29, 1.82) is 0 Å². The molecular weight excluding hydrogens is 824 g/mol. The number of allylic oxidation sites excluding steroid dienone is 20. The summed E-state index contributed by atoms with van der Waals surface area (Å²) in [5.41, 5.74) is 0. The normalized spacial score (nSPS) is 14.9. The van der Waals surface area contributed by atoms with Crippen LogP contribution in [0.4, 0.5) is 0 Å². The minimum atomic E-state index is -4.55. The molecule has 64 heavy (non-hydrogen) atoms. The highest BCUT2D eigenvalue weighted by Gasteiger charge is 2.26. The Morgan fingerprint density at radius 1 is 0.500 bits per heavy atom. The Labute approximate surface area is 390 Å². The lowest BCUT2D eigenvalue weighted by Crippen LogP contribution is -2.29. The molecular formula is C54H89O9P. The number of phosphoric ester groups is 1. The first-order valence-electron chi connectivity index (χ1n) is 24.5. The van der Waals surface area contributed by atoms with Gasteiger partial charge in [0, 0.05) is 13.0 Å². The van der Waals surface area contributed by atoms with E-state index in [4.69, 9.17) is 23.6 Å². The van der Waals surface area contributed by atoms with Crippen molar-refractivity contribution in [3.8, 4) is 0 Å². The molecule has 0 aliphatic heterocycles. The number of carbonyl (C=O) groups is 1. The summed E-state index contributed by atoms with van der Waals surface area (Å²) in [6.07, 6.45) is 65.9. The molecule has 0 spiro atoms. The van der Waals surface area contributed by atoms with Crippen LogP contribution < -0.4 is 0 Å². The third-order valence-electron chi connectivity index (χ3n) is 9.63. The van der Waals surface area contributed by atoms with Gasteiger partial charge in [-0.2, -0.15) is 0 Å². The molecule has 0 saturated carbocycles. The highest BCUT2D eigenvalue weighted by molar-refractivity contribution is 7.47. The second-order valence-corrected chi connectivity index (χ2v) is 17.2. The first-order chi connectivity index (χ1) is 31.3. The SMILES string of the molecule is CC/C=C\C/C=C\C/C=C\C/C=C\C/C=C\C/C=C\C/C=C\CCCCOCC(COP(=O)(O)OCC(O)CO)OC(=O)CCCCCCCC/C=C\C/C=C\C/C=C\CCCCC. The predicted octanol–water partition coefficient (Wildman–Crippen LogP) is 14.4. The van der Waals surface area contributed by atoms with Gasteiger partial charge in [-0.15, -0.1) is 0 Å². The van der Waals surface area contributed by atoms with Crippen molar-refractivity contribution >= 4 is 13.8 Å². The largest absolute Gasteiger partial charge is 0.472 e. The predicted molar refractivity (Wildman–Crippen MR) is 269 cm³/mol. The number of unbranched alkanes of at least 4 members (excludes halogenated alkanes) is 11. The lowest BCUT2D eigenvalue weighted by Gasteiger charge is -2.20. The van der Waals surface area contributed by atoms with Crippen LogP contribution in [0.25, 0.3) is 0 Å². The van der Waals surface area contributed by atoms with Crippen LogP contribution in [0.1, 0.15) is 168 Å². The van der Waals surface area contributed by atoms with Crippen LogP contribution in [-0.2, 0) is 27.9 Å². The highest BCUT2D eigenvalue weighted by Crippen LogP contribution is 2.43. The lowest BCUT2D eigenvalue weighted by atomic mass is 10.1. The average Bonchev–Trinajstić information content (AvgIpc) is 3.29. The monoisotopic (exact) mass is 913 g/mol. The van der Waals surface area contributed by atoms with Gasteiger partial charge < -0.3 is 24.6 Å². The van der Waals surface area contributed by atoms with Gasteiger partial charge in [0.05, 0.1) is 26.4 Å². The fraction of sp³-hybridized carbons (Fsp3) is 0.611. The molecule has 0 radical (unpaired) electrons. The highest BCUT2D eigenvalue weighted by atomic mass is 31.2. The number of hydrogen-bond acceptors (Lipinski definition) is 8. The molecule has 0 aromatic heterocycles. The number of phosphoric acid groups is 1. The minimum Gasteiger partial charge on any atom is -0.457 e. The molecule has 0 aromatic rings. The lowest BCUT2D eigenvalue weighted by molar-refractivity contribution is -0.154. The maximum atomic E-state index is 12.7. The van der Waals surface area contributed by atoms with Gasteiger partial charge in [-0.05, 0) is 109 Å². The van der Waals surface area contributed by atoms with Gasteiger partial charge in [-0.1, -0.05) is 174 Å². The zero-order valence-electron chi connectivity index (χ0n) is 39.9. The van der Waals surface area contributed by atoms with Gasteiger partial charge in [-0.3, -0.25) is 13.8 Å². The summed E-state index contributed by atoms with van der Waals surface area (Å²) in [5.74, 6) is -0.416. The minimum absolute atomic E-state index is 0.00476. The van der Waals surface area contributed by atoms with Crippen LogP contribution in [0, 0.1) is 0 Å². The third-order valence-corrected chi connectivity index (χ3v) is 10.6. The topological polar surface area (TPSA) is 132 Å². The van der Waals surface area contributed by atoms with Crippen molar-refractivity contribution in [2.75, 3.05) is 33.0 Å². The van der Waals surface area contributed by atoms with E-state index < -0.39 is 45.8 Å². The third kappa shape index (κ3) is 48.3. The molecule has 0 saturated heterocycles.